The topological polar surface area (TPSA) is 68.9 Å². The highest BCUT2D eigenvalue weighted by atomic mass is 15.1. The maximum Gasteiger partial charge on any atom is 0.135 e. The van der Waals surface area contributed by atoms with Crippen LogP contribution in [0.1, 0.15) is 5.56 Å². The SMILES string of the molecule is CN(C)c1ccc(Nc2cc(NCCc3c[nH]c4ccccc34)ncn2)cc1. The Kier molecular flexibility index (Phi) is 5.10. The molecule has 6 heteroatoms. The van der Waals surface area contributed by atoms with Crippen LogP contribution in [0, 0.1) is 0 Å². The number of H-pyrrole nitrogens is 1. The number of nitrogens with zero attached hydrogens (tertiary/aromatic N) is 3. The van der Waals surface area contributed by atoms with Crippen molar-refractivity contribution < 1.29 is 0 Å². The van der Waals surface area contributed by atoms with E-state index in [4.69, 9.17) is 0 Å². The Morgan fingerprint density at radius 3 is 2.57 bits per heavy atom. The van der Waals surface area contributed by atoms with Gasteiger partial charge in [-0.2, -0.15) is 0 Å². The molecule has 0 fully saturated rings. The van der Waals surface area contributed by atoms with E-state index in [0.717, 1.165) is 36.0 Å². The van der Waals surface area contributed by atoms with Crippen molar-refractivity contribution in [3.05, 3.63) is 72.7 Å². The number of anilines is 4. The first-order chi connectivity index (χ1) is 13.7. The van der Waals surface area contributed by atoms with Gasteiger partial charge in [-0.3, -0.25) is 0 Å². The van der Waals surface area contributed by atoms with Crippen LogP contribution >= 0.6 is 0 Å². The first-order valence-electron chi connectivity index (χ1n) is 9.34. The Hall–Kier alpha value is -3.54. The predicted molar refractivity (Wildman–Crippen MR) is 117 cm³/mol. The summed E-state index contributed by atoms with van der Waals surface area (Å²) < 4.78 is 0. The van der Waals surface area contributed by atoms with Gasteiger partial charge in [0.2, 0.25) is 0 Å². The molecule has 0 bridgehead atoms. The van der Waals surface area contributed by atoms with Gasteiger partial charge < -0.3 is 20.5 Å². The average Bonchev–Trinajstić information content (AvgIpc) is 3.12. The fraction of sp³-hybridized carbons (Fsp3) is 0.182. The Morgan fingerprint density at radius 1 is 0.964 bits per heavy atom. The lowest BCUT2D eigenvalue weighted by molar-refractivity contribution is 1.01. The van der Waals surface area contributed by atoms with E-state index >= 15 is 0 Å². The molecule has 0 unspecified atom stereocenters. The van der Waals surface area contributed by atoms with Crippen molar-refractivity contribution in [2.45, 2.75) is 6.42 Å². The fourth-order valence-electron chi connectivity index (χ4n) is 3.18. The number of benzene rings is 2. The zero-order valence-corrected chi connectivity index (χ0v) is 16.1. The van der Waals surface area contributed by atoms with E-state index in [1.807, 2.05) is 38.4 Å². The van der Waals surface area contributed by atoms with E-state index in [1.54, 1.807) is 6.33 Å². The number of nitrogens with one attached hydrogen (secondary N) is 3. The van der Waals surface area contributed by atoms with Crippen molar-refractivity contribution >= 4 is 33.9 Å². The molecule has 0 saturated heterocycles. The van der Waals surface area contributed by atoms with Crippen LogP contribution in [-0.2, 0) is 6.42 Å². The molecule has 0 aliphatic carbocycles. The minimum atomic E-state index is 0.766. The van der Waals surface area contributed by atoms with E-state index in [-0.39, 0.29) is 0 Å². The van der Waals surface area contributed by atoms with E-state index in [0.29, 0.717) is 0 Å². The lowest BCUT2D eigenvalue weighted by atomic mass is 10.1. The predicted octanol–water partition coefficient (Wildman–Crippen LogP) is 4.42. The largest absolute Gasteiger partial charge is 0.378 e. The molecule has 2 aromatic heterocycles. The quantitative estimate of drug-likeness (QED) is 0.448. The third kappa shape index (κ3) is 4.06. The first-order valence-corrected chi connectivity index (χ1v) is 9.34. The molecule has 0 amide bonds. The number of hydrogen-bond donors (Lipinski definition) is 3. The lowest BCUT2D eigenvalue weighted by Gasteiger charge is -2.13. The summed E-state index contributed by atoms with van der Waals surface area (Å²) in [6.07, 6.45) is 4.57. The number of aromatic amines is 1. The van der Waals surface area contributed by atoms with Crippen LogP contribution in [0.2, 0.25) is 0 Å². The van der Waals surface area contributed by atoms with Crippen molar-refractivity contribution in [1.29, 1.82) is 0 Å². The highest BCUT2D eigenvalue weighted by Gasteiger charge is 2.04. The molecule has 0 spiro atoms. The third-order valence-corrected chi connectivity index (χ3v) is 4.70. The van der Waals surface area contributed by atoms with Crippen molar-refractivity contribution in [3.63, 3.8) is 0 Å². The Morgan fingerprint density at radius 2 is 1.75 bits per heavy atom. The summed E-state index contributed by atoms with van der Waals surface area (Å²) in [7, 11) is 4.06. The van der Waals surface area contributed by atoms with Gasteiger partial charge in [-0.15, -0.1) is 0 Å². The number of fused-ring (bicyclic) bond motifs is 1. The van der Waals surface area contributed by atoms with Gasteiger partial charge in [0.25, 0.3) is 0 Å². The molecule has 0 saturated carbocycles. The van der Waals surface area contributed by atoms with Crippen molar-refractivity contribution in [1.82, 2.24) is 15.0 Å². The smallest absolute Gasteiger partial charge is 0.135 e. The summed E-state index contributed by atoms with van der Waals surface area (Å²) in [5, 5.41) is 7.98. The standard InChI is InChI=1S/C22H24N6/c1-28(2)18-9-7-17(8-10-18)27-22-13-21(25-15-26-22)23-12-11-16-14-24-20-6-4-3-5-19(16)20/h3-10,13-15,24H,11-12H2,1-2H3,(H2,23,25,26,27). The second kappa shape index (κ2) is 8.00. The van der Waals surface area contributed by atoms with Gasteiger partial charge in [-0.1, -0.05) is 18.2 Å². The minimum Gasteiger partial charge on any atom is -0.378 e. The molecule has 4 aromatic rings. The van der Waals surface area contributed by atoms with Crippen LogP contribution < -0.4 is 15.5 Å². The zero-order valence-electron chi connectivity index (χ0n) is 16.1. The van der Waals surface area contributed by atoms with Gasteiger partial charge in [-0.25, -0.2) is 9.97 Å². The molecule has 28 heavy (non-hydrogen) atoms. The fourth-order valence-corrected chi connectivity index (χ4v) is 3.18. The zero-order chi connectivity index (χ0) is 19.3. The van der Waals surface area contributed by atoms with Gasteiger partial charge in [0.05, 0.1) is 0 Å². The summed E-state index contributed by atoms with van der Waals surface area (Å²) in [6.45, 7) is 0.801. The number of hydrogen-bond acceptors (Lipinski definition) is 5. The maximum absolute atomic E-state index is 4.32. The summed E-state index contributed by atoms with van der Waals surface area (Å²) in [6, 6.07) is 18.5. The molecule has 0 atom stereocenters. The summed E-state index contributed by atoms with van der Waals surface area (Å²) >= 11 is 0. The molecule has 6 nitrogen and oxygen atoms in total. The molecule has 0 aliphatic rings. The molecular weight excluding hydrogens is 348 g/mol. The van der Waals surface area contributed by atoms with Crippen LogP contribution in [0.3, 0.4) is 0 Å². The van der Waals surface area contributed by atoms with Crippen LogP contribution in [0.4, 0.5) is 23.0 Å². The second-order valence-corrected chi connectivity index (χ2v) is 6.89. The van der Waals surface area contributed by atoms with Crippen LogP contribution in [0.5, 0.6) is 0 Å². The monoisotopic (exact) mass is 372 g/mol. The molecule has 4 rings (SSSR count). The molecule has 0 aliphatic heterocycles. The van der Waals surface area contributed by atoms with E-state index in [2.05, 4.69) is 67.0 Å². The van der Waals surface area contributed by atoms with Crippen molar-refractivity contribution in [2.24, 2.45) is 0 Å². The first kappa shape index (κ1) is 17.9. The molecule has 2 aromatic carbocycles. The molecule has 142 valence electrons. The highest BCUT2D eigenvalue weighted by molar-refractivity contribution is 5.83. The van der Waals surface area contributed by atoms with E-state index in [9.17, 15) is 0 Å². The van der Waals surface area contributed by atoms with Gasteiger partial charge in [0.1, 0.15) is 18.0 Å². The molecular formula is C22H24N6. The minimum absolute atomic E-state index is 0.766. The van der Waals surface area contributed by atoms with Crippen LogP contribution in [0.15, 0.2) is 67.1 Å². The number of para-hydroxylation sites is 1. The Bertz CT molecular complexity index is 1050. The van der Waals surface area contributed by atoms with Gasteiger partial charge >= 0.3 is 0 Å². The van der Waals surface area contributed by atoms with E-state index in [1.165, 1.54) is 16.5 Å². The van der Waals surface area contributed by atoms with Crippen molar-refractivity contribution in [3.8, 4) is 0 Å². The summed E-state index contributed by atoms with van der Waals surface area (Å²) in [4.78, 5) is 14.0. The van der Waals surface area contributed by atoms with E-state index < -0.39 is 0 Å². The van der Waals surface area contributed by atoms with Gasteiger partial charge in [-0.05, 0) is 42.3 Å². The second-order valence-electron chi connectivity index (χ2n) is 6.89. The van der Waals surface area contributed by atoms with Gasteiger partial charge in [0.15, 0.2) is 0 Å². The number of rotatable bonds is 7. The van der Waals surface area contributed by atoms with Crippen molar-refractivity contribution in [2.75, 3.05) is 36.2 Å². The Labute approximate surface area is 164 Å². The normalized spacial score (nSPS) is 10.8. The number of aromatic nitrogens is 3. The average molecular weight is 372 g/mol. The van der Waals surface area contributed by atoms with Crippen LogP contribution in [0.25, 0.3) is 10.9 Å². The molecule has 2 heterocycles. The molecule has 3 N–H and O–H groups in total. The summed E-state index contributed by atoms with van der Waals surface area (Å²) in [5.74, 6) is 1.57. The Balaban J connectivity index is 1.37. The maximum atomic E-state index is 4.32. The van der Waals surface area contributed by atoms with Gasteiger partial charge in [0, 0.05) is 55.2 Å². The highest BCUT2D eigenvalue weighted by Crippen LogP contribution is 2.21. The van der Waals surface area contributed by atoms with Crippen LogP contribution in [-0.4, -0.2) is 35.6 Å². The third-order valence-electron chi connectivity index (χ3n) is 4.70. The summed E-state index contributed by atoms with van der Waals surface area (Å²) in [5.41, 5.74) is 4.63. The molecule has 0 radical (unpaired) electrons. The lowest BCUT2D eigenvalue weighted by Crippen LogP contribution is -2.08.